The van der Waals surface area contributed by atoms with Crippen LogP contribution in [0.15, 0.2) is 36.6 Å². The minimum atomic E-state index is 0.667. The van der Waals surface area contributed by atoms with Crippen LogP contribution in [0, 0.1) is 0 Å². The number of allylic oxidation sites excluding steroid dienone is 1. The second-order valence-electron chi connectivity index (χ2n) is 2.43. The average molecular weight is 163 g/mol. The first-order valence-electron chi connectivity index (χ1n) is 3.76. The third-order valence-corrected chi connectivity index (χ3v) is 1.58. The van der Waals surface area contributed by atoms with Crippen molar-refractivity contribution in [3.8, 4) is 5.75 Å². The second kappa shape index (κ2) is 4.44. The molecule has 0 heterocycles. The molecule has 0 N–H and O–H groups in total. The van der Waals surface area contributed by atoms with E-state index in [-0.39, 0.29) is 0 Å². The second-order valence-corrected chi connectivity index (χ2v) is 2.43. The Bertz CT molecular complexity index is 266. The smallest absolute Gasteiger partial charge is 0.139 e. The normalized spacial score (nSPS) is 10.4. The Kier molecular flexibility index (Phi) is 3.20. The van der Waals surface area contributed by atoms with E-state index >= 15 is 0 Å². The van der Waals surface area contributed by atoms with Crippen LogP contribution in [0.3, 0.4) is 0 Å². The van der Waals surface area contributed by atoms with E-state index in [0.717, 1.165) is 17.6 Å². The van der Waals surface area contributed by atoms with E-state index in [9.17, 15) is 5.11 Å². The fourth-order valence-electron chi connectivity index (χ4n) is 0.984. The number of rotatable bonds is 3. The molecule has 0 spiro atoms. The molecule has 1 radical (unpaired) electrons. The van der Waals surface area contributed by atoms with Gasteiger partial charge in [0.25, 0.3) is 0 Å². The van der Waals surface area contributed by atoms with Crippen LogP contribution in [0.5, 0.6) is 5.75 Å². The summed E-state index contributed by atoms with van der Waals surface area (Å²) in [5.41, 5.74) is 1.08. The molecule has 0 aromatic heterocycles. The monoisotopic (exact) mass is 163 g/mol. The molecule has 2 heteroatoms. The van der Waals surface area contributed by atoms with Crippen LogP contribution < -0.4 is 4.74 Å². The molecule has 0 atom stereocenters. The molecule has 2 nitrogen and oxygen atoms in total. The lowest BCUT2D eigenvalue weighted by atomic mass is 10.1. The van der Waals surface area contributed by atoms with Crippen LogP contribution in [-0.2, 0) is 11.5 Å². The van der Waals surface area contributed by atoms with E-state index < -0.39 is 0 Å². The largest absolute Gasteiger partial charge is 0.497 e. The first-order valence-corrected chi connectivity index (χ1v) is 3.76. The maximum Gasteiger partial charge on any atom is 0.139 e. The summed E-state index contributed by atoms with van der Waals surface area (Å²) in [6, 6.07) is 7.67. The van der Waals surface area contributed by atoms with Crippen molar-refractivity contribution in [1.29, 1.82) is 0 Å². The Morgan fingerprint density at radius 2 is 2.33 bits per heavy atom. The van der Waals surface area contributed by atoms with Gasteiger partial charge in [-0.15, -0.1) is 0 Å². The first-order chi connectivity index (χ1) is 5.86. The van der Waals surface area contributed by atoms with Crippen LogP contribution >= 0.6 is 0 Å². The summed E-state index contributed by atoms with van der Waals surface area (Å²) in [6.45, 7) is 0. The van der Waals surface area contributed by atoms with E-state index in [1.54, 1.807) is 13.2 Å². The quantitative estimate of drug-likeness (QED) is 0.628. The lowest BCUT2D eigenvalue weighted by Crippen LogP contribution is -1.85. The van der Waals surface area contributed by atoms with E-state index in [1.807, 2.05) is 24.3 Å². The summed E-state index contributed by atoms with van der Waals surface area (Å²) in [5.74, 6) is 0.826. The molecule has 0 aliphatic rings. The van der Waals surface area contributed by atoms with Gasteiger partial charge in [0.1, 0.15) is 12.0 Å². The number of hydrogen-bond donors (Lipinski definition) is 0. The minimum Gasteiger partial charge on any atom is -0.497 e. The lowest BCUT2D eigenvalue weighted by molar-refractivity contribution is 0.350. The summed E-state index contributed by atoms with van der Waals surface area (Å²) in [6.07, 6.45) is 3.05. The molecule has 0 saturated carbocycles. The Labute approximate surface area is 72.1 Å². The van der Waals surface area contributed by atoms with Crippen molar-refractivity contribution in [2.75, 3.05) is 7.11 Å². The van der Waals surface area contributed by atoms with Gasteiger partial charge < -0.3 is 4.74 Å². The number of methoxy groups -OCH3 is 1. The zero-order valence-electron chi connectivity index (χ0n) is 6.99. The van der Waals surface area contributed by atoms with Crippen molar-refractivity contribution in [3.05, 3.63) is 42.2 Å². The van der Waals surface area contributed by atoms with E-state index in [2.05, 4.69) is 0 Å². The maximum absolute atomic E-state index is 10.0. The van der Waals surface area contributed by atoms with Gasteiger partial charge in [0, 0.05) is 0 Å². The SMILES string of the molecule is COc1cccc(CC=C[O])c1. The van der Waals surface area contributed by atoms with E-state index in [4.69, 9.17) is 4.74 Å². The highest BCUT2D eigenvalue weighted by Crippen LogP contribution is 2.12. The molecule has 0 saturated heterocycles. The number of hydrogen-bond acceptors (Lipinski definition) is 1. The van der Waals surface area contributed by atoms with Gasteiger partial charge in [0.15, 0.2) is 0 Å². The predicted molar refractivity (Wildman–Crippen MR) is 46.5 cm³/mol. The van der Waals surface area contributed by atoms with E-state index in [0.29, 0.717) is 6.42 Å². The van der Waals surface area contributed by atoms with Crippen molar-refractivity contribution in [2.24, 2.45) is 0 Å². The van der Waals surface area contributed by atoms with Crippen molar-refractivity contribution >= 4 is 0 Å². The molecule has 1 rings (SSSR count). The third-order valence-electron chi connectivity index (χ3n) is 1.58. The van der Waals surface area contributed by atoms with Crippen molar-refractivity contribution < 1.29 is 9.84 Å². The molecule has 0 aliphatic heterocycles. The van der Waals surface area contributed by atoms with Crippen molar-refractivity contribution in [1.82, 2.24) is 0 Å². The molecule has 0 aliphatic carbocycles. The number of benzene rings is 1. The highest BCUT2D eigenvalue weighted by atomic mass is 16.5. The van der Waals surface area contributed by atoms with Gasteiger partial charge in [-0.25, -0.2) is 0 Å². The Morgan fingerprint density at radius 1 is 1.50 bits per heavy atom. The Hall–Kier alpha value is -1.44. The maximum atomic E-state index is 10.0. The molecule has 0 unspecified atom stereocenters. The van der Waals surface area contributed by atoms with Gasteiger partial charge in [-0.05, 0) is 30.2 Å². The highest BCUT2D eigenvalue weighted by molar-refractivity contribution is 5.29. The van der Waals surface area contributed by atoms with Gasteiger partial charge in [-0.2, -0.15) is 0 Å². The van der Waals surface area contributed by atoms with Crippen molar-refractivity contribution in [2.45, 2.75) is 6.42 Å². The Balaban J connectivity index is 2.72. The molecular formula is C10H11O2. The third kappa shape index (κ3) is 2.31. The molecule has 1 aromatic carbocycles. The fraction of sp³-hybridized carbons (Fsp3) is 0.200. The average Bonchev–Trinajstić information content (AvgIpc) is 2.15. The Morgan fingerprint density at radius 3 is 3.00 bits per heavy atom. The van der Waals surface area contributed by atoms with Crippen LogP contribution in [0.1, 0.15) is 5.56 Å². The van der Waals surface area contributed by atoms with Gasteiger partial charge in [-0.3, -0.25) is 5.11 Å². The molecule has 12 heavy (non-hydrogen) atoms. The lowest BCUT2D eigenvalue weighted by Gasteiger charge is -2.00. The molecule has 0 bridgehead atoms. The topological polar surface area (TPSA) is 29.1 Å². The minimum absolute atomic E-state index is 0.667. The van der Waals surface area contributed by atoms with Crippen LogP contribution in [0.25, 0.3) is 0 Å². The van der Waals surface area contributed by atoms with Gasteiger partial charge >= 0.3 is 0 Å². The molecule has 1 aromatic rings. The summed E-state index contributed by atoms with van der Waals surface area (Å²) in [7, 11) is 1.63. The van der Waals surface area contributed by atoms with Gasteiger partial charge in [0.05, 0.1) is 7.11 Å². The summed E-state index contributed by atoms with van der Waals surface area (Å²) >= 11 is 0. The molecular weight excluding hydrogens is 152 g/mol. The van der Waals surface area contributed by atoms with Crippen LogP contribution in [0.2, 0.25) is 0 Å². The fourth-order valence-corrected chi connectivity index (χ4v) is 0.984. The van der Waals surface area contributed by atoms with Crippen molar-refractivity contribution in [3.63, 3.8) is 0 Å². The molecule has 0 amide bonds. The van der Waals surface area contributed by atoms with Crippen LogP contribution in [-0.4, -0.2) is 7.11 Å². The molecule has 63 valence electrons. The summed E-state index contributed by atoms with van der Waals surface area (Å²) < 4.78 is 5.03. The first kappa shape index (κ1) is 8.65. The van der Waals surface area contributed by atoms with E-state index in [1.165, 1.54) is 0 Å². The van der Waals surface area contributed by atoms with Crippen LogP contribution in [0.4, 0.5) is 0 Å². The summed E-state index contributed by atoms with van der Waals surface area (Å²) in [5, 5.41) is 10.0. The van der Waals surface area contributed by atoms with Gasteiger partial charge in [0.2, 0.25) is 0 Å². The zero-order valence-corrected chi connectivity index (χ0v) is 6.99. The number of ether oxygens (including phenoxy) is 1. The molecule has 0 fully saturated rings. The van der Waals surface area contributed by atoms with Gasteiger partial charge in [-0.1, -0.05) is 12.1 Å². The standard InChI is InChI=1S/C10H11O2/c1-12-10-6-2-4-9(8-10)5-3-7-11/h2-4,6-8H,5H2,1H3. The predicted octanol–water partition coefficient (Wildman–Crippen LogP) is 2.18. The summed E-state index contributed by atoms with van der Waals surface area (Å²) in [4.78, 5) is 0. The zero-order chi connectivity index (χ0) is 8.81. The highest BCUT2D eigenvalue weighted by Gasteiger charge is 1.92.